The van der Waals surface area contributed by atoms with Gasteiger partial charge in [-0.3, -0.25) is 0 Å². The van der Waals surface area contributed by atoms with Crippen molar-refractivity contribution in [2.75, 3.05) is 13.2 Å². The van der Waals surface area contributed by atoms with Crippen LogP contribution in [0.15, 0.2) is 66.7 Å². The average molecular weight is 631 g/mol. The van der Waals surface area contributed by atoms with Crippen LogP contribution in [0.3, 0.4) is 0 Å². The van der Waals surface area contributed by atoms with Crippen LogP contribution in [-0.2, 0) is 4.74 Å². The first-order valence-electron chi connectivity index (χ1n) is 17.5. The molecule has 3 aromatic rings. The first kappa shape index (κ1) is 36.7. The Morgan fingerprint density at radius 1 is 0.609 bits per heavy atom. The molecule has 0 aromatic heterocycles. The maximum atomic E-state index is 13.1. The molecule has 3 aromatic carbocycles. The van der Waals surface area contributed by atoms with Gasteiger partial charge in [-0.1, -0.05) is 97.6 Å². The second kappa shape index (κ2) is 21.1. The molecule has 0 bridgehead atoms. The molecule has 0 heterocycles. The lowest BCUT2D eigenvalue weighted by Gasteiger charge is -2.17. The predicted molar refractivity (Wildman–Crippen MR) is 186 cm³/mol. The van der Waals surface area contributed by atoms with E-state index >= 15 is 0 Å². The number of esters is 2. The Balaban J connectivity index is 1.58. The molecular weight excluding hydrogens is 576 g/mol. The average Bonchev–Trinajstić information content (AvgIpc) is 3.08. The second-order valence-corrected chi connectivity index (χ2v) is 11.9. The van der Waals surface area contributed by atoms with Crippen LogP contribution in [0.4, 0.5) is 0 Å². The van der Waals surface area contributed by atoms with E-state index in [-0.39, 0.29) is 12.1 Å². The molecule has 0 radical (unpaired) electrons. The topological polar surface area (TPSA) is 71.1 Å². The Hall–Kier alpha value is -3.80. The van der Waals surface area contributed by atoms with Gasteiger partial charge in [-0.15, -0.1) is 0 Å². The van der Waals surface area contributed by atoms with Crippen molar-refractivity contribution in [1.29, 1.82) is 0 Å². The van der Waals surface area contributed by atoms with Crippen LogP contribution in [0.25, 0.3) is 11.1 Å². The Labute approximate surface area is 276 Å². The van der Waals surface area contributed by atoms with Gasteiger partial charge in [-0.2, -0.15) is 0 Å². The summed E-state index contributed by atoms with van der Waals surface area (Å²) in [4.78, 5) is 25.6. The van der Waals surface area contributed by atoms with Crippen molar-refractivity contribution in [2.45, 2.75) is 117 Å². The minimum absolute atomic E-state index is 0.212. The van der Waals surface area contributed by atoms with E-state index in [0.717, 1.165) is 61.8 Å². The number of hydrogen-bond donors (Lipinski definition) is 0. The molecule has 0 amide bonds. The summed E-state index contributed by atoms with van der Waals surface area (Å²) >= 11 is 0. The lowest BCUT2D eigenvalue weighted by molar-refractivity contribution is 0.0497. The number of carbonyl (C=O) groups is 2. The van der Waals surface area contributed by atoms with E-state index in [4.69, 9.17) is 18.9 Å². The van der Waals surface area contributed by atoms with Gasteiger partial charge in [-0.25, -0.2) is 9.59 Å². The zero-order valence-electron chi connectivity index (χ0n) is 28.5. The molecule has 0 saturated carbocycles. The SMILES string of the molecule is CCCCCCCCCCOC(=O)c1ccc(OC(=O)c2ccc(-c3ccc(OC(CC)CCC)cc3)c(OCCCC)c2)cc1. The molecule has 0 fully saturated rings. The molecule has 250 valence electrons. The summed E-state index contributed by atoms with van der Waals surface area (Å²) in [6, 6.07) is 19.9. The fourth-order valence-corrected chi connectivity index (χ4v) is 5.22. The van der Waals surface area contributed by atoms with Gasteiger partial charge in [0, 0.05) is 5.56 Å². The zero-order chi connectivity index (χ0) is 33.0. The van der Waals surface area contributed by atoms with Crippen molar-refractivity contribution in [1.82, 2.24) is 0 Å². The van der Waals surface area contributed by atoms with E-state index in [0.29, 0.717) is 35.8 Å². The summed E-state index contributed by atoms with van der Waals surface area (Å²) in [5, 5.41) is 0. The largest absolute Gasteiger partial charge is 0.493 e. The number of ether oxygens (including phenoxy) is 4. The highest BCUT2D eigenvalue weighted by Gasteiger charge is 2.16. The predicted octanol–water partition coefficient (Wildman–Crippen LogP) is 11.0. The summed E-state index contributed by atoms with van der Waals surface area (Å²) < 4.78 is 23.4. The van der Waals surface area contributed by atoms with Gasteiger partial charge in [-0.05, 0) is 85.8 Å². The van der Waals surface area contributed by atoms with E-state index in [2.05, 4.69) is 27.7 Å². The number of hydrogen-bond acceptors (Lipinski definition) is 6. The Morgan fingerprint density at radius 2 is 1.24 bits per heavy atom. The number of unbranched alkanes of at least 4 members (excludes halogenated alkanes) is 8. The molecule has 0 aliphatic rings. The highest BCUT2D eigenvalue weighted by atomic mass is 16.5. The standard InChI is InChI=1S/C40H54O6/c1-5-9-11-12-13-14-15-16-29-44-39(41)32-20-25-36(26-21-32)46-40(42)33-22-27-37(38(30-33)43-28-10-6-2)31-18-23-35(24-19-31)45-34(8-4)17-7-3/h18-27,30,34H,5-17,28-29H2,1-4H3. The molecule has 46 heavy (non-hydrogen) atoms. The molecule has 6 nitrogen and oxygen atoms in total. The fourth-order valence-electron chi connectivity index (χ4n) is 5.22. The van der Waals surface area contributed by atoms with Crippen LogP contribution in [0.5, 0.6) is 17.2 Å². The van der Waals surface area contributed by atoms with E-state index in [1.54, 1.807) is 36.4 Å². The van der Waals surface area contributed by atoms with E-state index < -0.39 is 5.97 Å². The van der Waals surface area contributed by atoms with Gasteiger partial charge in [0.2, 0.25) is 0 Å². The number of carbonyl (C=O) groups excluding carboxylic acids is 2. The third-order valence-electron chi connectivity index (χ3n) is 8.04. The first-order chi connectivity index (χ1) is 22.5. The van der Waals surface area contributed by atoms with Crippen LogP contribution in [0, 0.1) is 0 Å². The molecule has 3 rings (SSSR count). The normalized spacial score (nSPS) is 11.6. The summed E-state index contributed by atoms with van der Waals surface area (Å²) in [6.45, 7) is 9.62. The van der Waals surface area contributed by atoms with Gasteiger partial charge >= 0.3 is 11.9 Å². The number of benzene rings is 3. The lowest BCUT2D eigenvalue weighted by Crippen LogP contribution is -2.14. The second-order valence-electron chi connectivity index (χ2n) is 11.9. The third kappa shape index (κ3) is 12.5. The molecule has 6 heteroatoms. The van der Waals surface area contributed by atoms with Crippen molar-refractivity contribution in [3.63, 3.8) is 0 Å². The van der Waals surface area contributed by atoms with E-state index in [9.17, 15) is 9.59 Å². The quantitative estimate of drug-likeness (QED) is 0.0625. The van der Waals surface area contributed by atoms with Gasteiger partial charge in [0.1, 0.15) is 17.2 Å². The molecule has 0 spiro atoms. The van der Waals surface area contributed by atoms with Crippen LogP contribution in [0.2, 0.25) is 0 Å². The molecule has 0 N–H and O–H groups in total. The molecule has 1 atom stereocenters. The Kier molecular flexibility index (Phi) is 16.8. The van der Waals surface area contributed by atoms with Crippen molar-refractivity contribution in [3.8, 4) is 28.4 Å². The summed E-state index contributed by atoms with van der Waals surface area (Å²) in [6.07, 6.45) is 14.7. The van der Waals surface area contributed by atoms with Gasteiger partial charge in [0.05, 0.1) is 30.4 Å². The molecule has 0 aliphatic heterocycles. The summed E-state index contributed by atoms with van der Waals surface area (Å²) in [5.74, 6) is 0.966. The smallest absolute Gasteiger partial charge is 0.343 e. The molecular formula is C40H54O6. The molecule has 0 aliphatic carbocycles. The minimum Gasteiger partial charge on any atom is -0.493 e. The van der Waals surface area contributed by atoms with Crippen molar-refractivity contribution in [2.24, 2.45) is 0 Å². The van der Waals surface area contributed by atoms with Crippen LogP contribution in [-0.4, -0.2) is 31.3 Å². The van der Waals surface area contributed by atoms with Crippen molar-refractivity contribution >= 4 is 11.9 Å². The van der Waals surface area contributed by atoms with E-state index in [1.165, 1.54) is 38.5 Å². The van der Waals surface area contributed by atoms with Crippen LogP contribution >= 0.6 is 0 Å². The monoisotopic (exact) mass is 630 g/mol. The maximum absolute atomic E-state index is 13.1. The van der Waals surface area contributed by atoms with Crippen molar-refractivity contribution in [3.05, 3.63) is 77.9 Å². The highest BCUT2D eigenvalue weighted by Crippen LogP contribution is 2.33. The summed E-state index contributed by atoms with van der Waals surface area (Å²) in [5.41, 5.74) is 2.69. The maximum Gasteiger partial charge on any atom is 0.343 e. The summed E-state index contributed by atoms with van der Waals surface area (Å²) in [7, 11) is 0. The van der Waals surface area contributed by atoms with Crippen LogP contribution in [0.1, 0.15) is 132 Å². The Bertz CT molecular complexity index is 1300. The lowest BCUT2D eigenvalue weighted by atomic mass is 10.0. The van der Waals surface area contributed by atoms with Crippen molar-refractivity contribution < 1.29 is 28.5 Å². The third-order valence-corrected chi connectivity index (χ3v) is 8.04. The first-order valence-corrected chi connectivity index (χ1v) is 17.5. The van der Waals surface area contributed by atoms with E-state index in [1.807, 2.05) is 30.3 Å². The Morgan fingerprint density at radius 3 is 1.89 bits per heavy atom. The molecule has 0 saturated heterocycles. The minimum atomic E-state index is -0.498. The fraction of sp³-hybridized carbons (Fsp3) is 0.500. The van der Waals surface area contributed by atoms with Gasteiger partial charge in [0.15, 0.2) is 0 Å². The zero-order valence-corrected chi connectivity index (χ0v) is 28.5. The number of rotatable bonds is 22. The van der Waals surface area contributed by atoms with Gasteiger partial charge in [0.25, 0.3) is 0 Å². The molecule has 1 unspecified atom stereocenters. The van der Waals surface area contributed by atoms with Gasteiger partial charge < -0.3 is 18.9 Å². The van der Waals surface area contributed by atoms with Crippen LogP contribution < -0.4 is 14.2 Å². The highest BCUT2D eigenvalue weighted by molar-refractivity contribution is 5.93.